The van der Waals surface area contributed by atoms with Gasteiger partial charge in [0.25, 0.3) is 0 Å². The van der Waals surface area contributed by atoms with E-state index >= 15 is 0 Å². The number of methoxy groups -OCH3 is 1. The molecule has 3 aromatic rings. The minimum atomic E-state index is -1.02. The predicted molar refractivity (Wildman–Crippen MR) is 152 cm³/mol. The van der Waals surface area contributed by atoms with E-state index in [1.165, 1.54) is 14.0 Å². The molecule has 4 rings (SSSR count). The van der Waals surface area contributed by atoms with E-state index in [0.717, 1.165) is 30.5 Å². The average molecular weight is 581 g/mol. The summed E-state index contributed by atoms with van der Waals surface area (Å²) in [5.74, 6) is -2.43. The first-order valence-corrected chi connectivity index (χ1v) is 13.7. The molecule has 222 valence electrons. The van der Waals surface area contributed by atoms with Crippen molar-refractivity contribution >= 4 is 17.8 Å². The zero-order valence-electron chi connectivity index (χ0n) is 23.6. The number of piperidine rings is 1. The number of nitrogens with one attached hydrogen (secondary N) is 1. The van der Waals surface area contributed by atoms with Crippen LogP contribution in [0.4, 0.5) is 8.78 Å². The van der Waals surface area contributed by atoms with E-state index in [9.17, 15) is 23.2 Å². The first kappa shape index (κ1) is 30.5. The molecule has 1 saturated heterocycles. The van der Waals surface area contributed by atoms with Crippen molar-refractivity contribution in [1.29, 1.82) is 0 Å². The van der Waals surface area contributed by atoms with Crippen molar-refractivity contribution in [2.75, 3.05) is 26.8 Å². The molecule has 42 heavy (non-hydrogen) atoms. The van der Waals surface area contributed by atoms with Gasteiger partial charge in [0.15, 0.2) is 11.6 Å². The van der Waals surface area contributed by atoms with Crippen LogP contribution in [0.25, 0.3) is 11.1 Å². The van der Waals surface area contributed by atoms with Gasteiger partial charge in [-0.05, 0) is 42.2 Å². The fourth-order valence-electron chi connectivity index (χ4n) is 4.90. The van der Waals surface area contributed by atoms with Crippen molar-refractivity contribution in [3.05, 3.63) is 83.9 Å². The molecule has 10 heteroatoms. The highest BCUT2D eigenvalue weighted by atomic mass is 19.2. The number of amides is 2. The quantitative estimate of drug-likeness (QED) is 0.325. The molecule has 0 radical (unpaired) electrons. The minimum absolute atomic E-state index is 0.0386. The summed E-state index contributed by atoms with van der Waals surface area (Å²) in [5, 5.41) is 2.60. The van der Waals surface area contributed by atoms with E-state index in [1.54, 1.807) is 29.2 Å². The van der Waals surface area contributed by atoms with E-state index in [0.29, 0.717) is 36.6 Å². The maximum atomic E-state index is 13.8. The molecule has 1 unspecified atom stereocenters. The first-order valence-electron chi connectivity index (χ1n) is 13.7. The molecule has 1 aliphatic heterocycles. The van der Waals surface area contributed by atoms with Crippen molar-refractivity contribution in [2.45, 2.75) is 38.8 Å². The molecular weight excluding hydrogens is 546 g/mol. The van der Waals surface area contributed by atoms with E-state index in [2.05, 4.69) is 5.32 Å². The number of rotatable bonds is 11. The Labute approximate surface area is 243 Å². The Hall–Kier alpha value is -4.47. The van der Waals surface area contributed by atoms with Gasteiger partial charge in [-0.1, -0.05) is 42.5 Å². The molecule has 0 bridgehead atoms. The van der Waals surface area contributed by atoms with E-state index in [-0.39, 0.29) is 30.6 Å². The van der Waals surface area contributed by atoms with Gasteiger partial charge in [-0.2, -0.15) is 0 Å². The summed E-state index contributed by atoms with van der Waals surface area (Å²) in [5.41, 5.74) is 1.88. The summed E-state index contributed by atoms with van der Waals surface area (Å²) < 4.78 is 43.9. The number of ether oxygens (including phenoxy) is 3. The lowest BCUT2D eigenvalue weighted by molar-refractivity contribution is -0.149. The second-order valence-corrected chi connectivity index (χ2v) is 10.2. The molecule has 2 atom stereocenters. The molecule has 0 spiro atoms. The molecule has 1 fully saturated rings. The zero-order chi connectivity index (χ0) is 30.1. The van der Waals surface area contributed by atoms with Gasteiger partial charge in [0, 0.05) is 37.6 Å². The Morgan fingerprint density at radius 3 is 2.43 bits per heavy atom. The van der Waals surface area contributed by atoms with E-state index < -0.39 is 29.6 Å². The van der Waals surface area contributed by atoms with Gasteiger partial charge >= 0.3 is 5.97 Å². The normalized spacial score (nSPS) is 15.4. The highest BCUT2D eigenvalue weighted by molar-refractivity contribution is 5.90. The standard InChI is InChI=1S/C32H34F2N2O6/c1-21(37)35-29(17-31(38)42-19-22-7-4-3-5-8-22)32(39)36-14-6-9-23(18-36)20-41-25-12-10-24(11-13-25)26-15-27(33)28(34)16-30(26)40-2/h3-5,7-8,10-13,15-16,23,29H,6,9,14,17-20H2,1-2H3,(H,35,37)/t23?,29-/m1/s1. The second-order valence-electron chi connectivity index (χ2n) is 10.2. The third-order valence-corrected chi connectivity index (χ3v) is 7.01. The number of nitrogens with zero attached hydrogens (tertiary/aromatic N) is 1. The Morgan fingerprint density at radius 1 is 1.02 bits per heavy atom. The van der Waals surface area contributed by atoms with Crippen molar-refractivity contribution in [3.8, 4) is 22.6 Å². The SMILES string of the molecule is COc1cc(F)c(F)cc1-c1ccc(OCC2CCCN(C(=O)[C@@H](CC(=O)OCc3ccccc3)NC(C)=O)C2)cc1. The highest BCUT2D eigenvalue weighted by Gasteiger charge is 2.31. The number of hydrogen-bond acceptors (Lipinski definition) is 6. The van der Waals surface area contributed by atoms with Gasteiger partial charge in [-0.25, -0.2) is 8.78 Å². The Bertz CT molecular complexity index is 1380. The fraction of sp³-hybridized carbons (Fsp3) is 0.344. The lowest BCUT2D eigenvalue weighted by Gasteiger charge is -2.34. The maximum Gasteiger partial charge on any atom is 0.308 e. The third kappa shape index (κ3) is 8.28. The number of benzene rings is 3. The highest BCUT2D eigenvalue weighted by Crippen LogP contribution is 2.33. The number of halogens is 2. The van der Waals surface area contributed by atoms with Crippen LogP contribution in [0.2, 0.25) is 0 Å². The van der Waals surface area contributed by atoms with Crippen LogP contribution >= 0.6 is 0 Å². The molecule has 8 nitrogen and oxygen atoms in total. The van der Waals surface area contributed by atoms with Gasteiger partial charge in [0.1, 0.15) is 24.1 Å². The minimum Gasteiger partial charge on any atom is -0.496 e. The van der Waals surface area contributed by atoms with Crippen LogP contribution in [-0.4, -0.2) is 55.5 Å². The number of hydrogen-bond donors (Lipinski definition) is 1. The van der Waals surface area contributed by atoms with Gasteiger partial charge in [-0.15, -0.1) is 0 Å². The molecule has 0 aliphatic carbocycles. The van der Waals surface area contributed by atoms with Gasteiger partial charge in [0.05, 0.1) is 20.1 Å². The predicted octanol–water partition coefficient (Wildman–Crippen LogP) is 4.90. The zero-order valence-corrected chi connectivity index (χ0v) is 23.6. The summed E-state index contributed by atoms with van der Waals surface area (Å²) in [6.07, 6.45) is 1.33. The Balaban J connectivity index is 1.32. The molecule has 1 N–H and O–H groups in total. The Morgan fingerprint density at radius 2 is 1.74 bits per heavy atom. The van der Waals surface area contributed by atoms with Crippen LogP contribution in [0, 0.1) is 17.6 Å². The van der Waals surface area contributed by atoms with Crippen molar-refractivity contribution in [1.82, 2.24) is 10.2 Å². The van der Waals surface area contributed by atoms with E-state index in [4.69, 9.17) is 14.2 Å². The summed E-state index contributed by atoms with van der Waals surface area (Å²) >= 11 is 0. The number of likely N-dealkylation sites (tertiary alicyclic amines) is 1. The number of carbonyl (C=O) groups excluding carboxylic acids is 3. The lowest BCUT2D eigenvalue weighted by atomic mass is 9.98. The van der Waals surface area contributed by atoms with Crippen molar-refractivity contribution in [3.63, 3.8) is 0 Å². The lowest BCUT2D eigenvalue weighted by Crippen LogP contribution is -2.52. The summed E-state index contributed by atoms with van der Waals surface area (Å²) in [6.45, 7) is 2.66. The van der Waals surface area contributed by atoms with Crippen LogP contribution in [0.1, 0.15) is 31.7 Å². The van der Waals surface area contributed by atoms with Gasteiger partial charge < -0.3 is 24.4 Å². The van der Waals surface area contributed by atoms with Crippen LogP contribution in [0.5, 0.6) is 11.5 Å². The number of carbonyl (C=O) groups is 3. The summed E-state index contributed by atoms with van der Waals surface area (Å²) in [4.78, 5) is 39.3. The summed E-state index contributed by atoms with van der Waals surface area (Å²) in [6, 6.07) is 17.2. The van der Waals surface area contributed by atoms with E-state index in [1.807, 2.05) is 30.3 Å². The smallest absolute Gasteiger partial charge is 0.308 e. The van der Waals surface area contributed by atoms with Crippen molar-refractivity contribution in [2.24, 2.45) is 5.92 Å². The van der Waals surface area contributed by atoms with Crippen LogP contribution in [-0.2, 0) is 25.7 Å². The maximum absolute atomic E-state index is 13.8. The first-order chi connectivity index (χ1) is 20.2. The second kappa shape index (κ2) is 14.4. The van der Waals surface area contributed by atoms with Crippen LogP contribution in [0.3, 0.4) is 0 Å². The molecule has 2 amide bonds. The molecule has 1 heterocycles. The Kier molecular flexibility index (Phi) is 10.5. The van der Waals surface area contributed by atoms with Gasteiger partial charge in [-0.3, -0.25) is 14.4 Å². The molecule has 0 aromatic heterocycles. The molecule has 1 aliphatic rings. The van der Waals surface area contributed by atoms with Crippen LogP contribution in [0.15, 0.2) is 66.7 Å². The van der Waals surface area contributed by atoms with Crippen LogP contribution < -0.4 is 14.8 Å². The summed E-state index contributed by atoms with van der Waals surface area (Å²) in [7, 11) is 1.39. The fourth-order valence-corrected chi connectivity index (χ4v) is 4.90. The molecule has 3 aromatic carbocycles. The number of esters is 1. The molecular formula is C32H34F2N2O6. The topological polar surface area (TPSA) is 94.2 Å². The average Bonchev–Trinajstić information content (AvgIpc) is 3.00. The van der Waals surface area contributed by atoms with Gasteiger partial charge in [0.2, 0.25) is 11.8 Å². The molecule has 0 saturated carbocycles. The third-order valence-electron chi connectivity index (χ3n) is 7.01. The monoisotopic (exact) mass is 580 g/mol. The van der Waals surface area contributed by atoms with Crippen molar-refractivity contribution < 1.29 is 37.4 Å². The largest absolute Gasteiger partial charge is 0.496 e.